The average Bonchev–Trinajstić information content (AvgIpc) is 3.18. The predicted octanol–water partition coefficient (Wildman–Crippen LogP) is 5.98. The molecule has 0 radical (unpaired) electrons. The molecule has 1 amide bonds. The van der Waals surface area contributed by atoms with Crippen LogP contribution in [0.2, 0.25) is 10.0 Å². The second-order valence-electron chi connectivity index (χ2n) is 5.97. The number of rotatable bonds is 7. The molecule has 2 N–H and O–H groups in total. The number of anilines is 2. The molecule has 0 saturated carbocycles. The number of nitrogens with one attached hydrogen (secondary N) is 2. The minimum Gasteiger partial charge on any atom is -0.325 e. The summed E-state index contributed by atoms with van der Waals surface area (Å²) >= 11 is 14.4. The first-order valence-electron chi connectivity index (χ1n) is 8.33. The van der Waals surface area contributed by atoms with Gasteiger partial charge in [-0.3, -0.25) is 9.52 Å². The lowest BCUT2D eigenvalue weighted by molar-refractivity contribution is -0.115. The van der Waals surface area contributed by atoms with Crippen molar-refractivity contribution in [3.05, 3.63) is 70.0 Å². The van der Waals surface area contributed by atoms with Gasteiger partial charge in [0.05, 0.1) is 5.25 Å². The van der Waals surface area contributed by atoms with Crippen molar-refractivity contribution in [1.29, 1.82) is 0 Å². The van der Waals surface area contributed by atoms with Crippen molar-refractivity contribution in [2.75, 3.05) is 10.0 Å². The smallest absolute Gasteiger partial charge is 0.271 e. The molecule has 1 unspecified atom stereocenters. The Bertz CT molecular complexity index is 1080. The highest BCUT2D eigenvalue weighted by molar-refractivity contribution is 8.00. The molecule has 1 heterocycles. The van der Waals surface area contributed by atoms with Gasteiger partial charge in [-0.05, 0) is 60.8 Å². The van der Waals surface area contributed by atoms with E-state index in [-0.39, 0.29) is 15.4 Å². The lowest BCUT2D eigenvalue weighted by Crippen LogP contribution is -2.22. The second-order valence-corrected chi connectivity index (χ2v) is 11.1. The summed E-state index contributed by atoms with van der Waals surface area (Å²) in [5.41, 5.74) is 0.978. The van der Waals surface area contributed by atoms with Crippen LogP contribution in [0.4, 0.5) is 11.4 Å². The fourth-order valence-electron chi connectivity index (χ4n) is 2.35. The van der Waals surface area contributed by atoms with Crippen LogP contribution in [-0.2, 0) is 14.8 Å². The Morgan fingerprint density at radius 1 is 1.03 bits per heavy atom. The van der Waals surface area contributed by atoms with Gasteiger partial charge in [0.15, 0.2) is 0 Å². The summed E-state index contributed by atoms with van der Waals surface area (Å²) in [6.45, 7) is 1.78. The standard InChI is InChI=1S/C19H16Cl2N2O3S3/c1-12(19(24)22-16-10-13(20)9-14(21)11-16)28-17-6-4-15(5-7-17)23-29(25,26)18-3-2-8-27-18/h2-12,23H,1H3,(H,22,24). The maximum atomic E-state index is 12.4. The number of halogens is 2. The molecule has 1 aromatic heterocycles. The summed E-state index contributed by atoms with van der Waals surface area (Å²) in [4.78, 5) is 13.2. The third-order valence-electron chi connectivity index (χ3n) is 3.68. The average molecular weight is 487 g/mol. The van der Waals surface area contributed by atoms with Crippen molar-refractivity contribution in [3.63, 3.8) is 0 Å². The van der Waals surface area contributed by atoms with Gasteiger partial charge in [-0.1, -0.05) is 29.3 Å². The predicted molar refractivity (Wildman–Crippen MR) is 122 cm³/mol. The molecule has 0 saturated heterocycles. The number of thiophene rings is 1. The molecule has 0 spiro atoms. The number of benzene rings is 2. The van der Waals surface area contributed by atoms with E-state index < -0.39 is 10.0 Å². The molecule has 2 aromatic carbocycles. The van der Waals surface area contributed by atoms with Crippen LogP contribution in [-0.4, -0.2) is 19.6 Å². The molecular weight excluding hydrogens is 471 g/mol. The van der Waals surface area contributed by atoms with Crippen LogP contribution >= 0.6 is 46.3 Å². The molecule has 0 aliphatic rings. The van der Waals surface area contributed by atoms with E-state index in [0.29, 0.717) is 21.4 Å². The number of carbonyl (C=O) groups excluding carboxylic acids is 1. The van der Waals surface area contributed by atoms with Crippen LogP contribution in [0.25, 0.3) is 0 Å². The van der Waals surface area contributed by atoms with Gasteiger partial charge >= 0.3 is 0 Å². The molecule has 3 aromatic rings. The van der Waals surface area contributed by atoms with Crippen molar-refractivity contribution in [3.8, 4) is 0 Å². The Balaban J connectivity index is 1.60. The first-order valence-corrected chi connectivity index (χ1v) is 12.3. The number of thioether (sulfide) groups is 1. The van der Waals surface area contributed by atoms with Gasteiger partial charge < -0.3 is 5.32 Å². The van der Waals surface area contributed by atoms with Crippen molar-refractivity contribution in [2.24, 2.45) is 0 Å². The summed E-state index contributed by atoms with van der Waals surface area (Å²) in [6, 6.07) is 14.9. The number of amides is 1. The van der Waals surface area contributed by atoms with E-state index in [1.54, 1.807) is 66.9 Å². The van der Waals surface area contributed by atoms with Gasteiger partial charge in [-0.2, -0.15) is 0 Å². The Morgan fingerprint density at radius 3 is 2.28 bits per heavy atom. The Morgan fingerprint density at radius 2 is 1.69 bits per heavy atom. The minimum absolute atomic E-state index is 0.198. The largest absolute Gasteiger partial charge is 0.325 e. The van der Waals surface area contributed by atoms with Gasteiger partial charge in [0, 0.05) is 26.3 Å². The summed E-state index contributed by atoms with van der Waals surface area (Å²) in [5, 5.41) is 4.98. The summed E-state index contributed by atoms with van der Waals surface area (Å²) in [7, 11) is -3.58. The van der Waals surface area contributed by atoms with Gasteiger partial charge in [0.2, 0.25) is 5.91 Å². The number of hydrogen-bond donors (Lipinski definition) is 2. The van der Waals surface area contributed by atoms with Crippen LogP contribution in [0.5, 0.6) is 0 Å². The monoisotopic (exact) mass is 486 g/mol. The molecule has 10 heteroatoms. The Hall–Kier alpha value is -1.71. The van der Waals surface area contributed by atoms with Crippen molar-refractivity contribution < 1.29 is 13.2 Å². The lowest BCUT2D eigenvalue weighted by Gasteiger charge is -2.13. The fraction of sp³-hybridized carbons (Fsp3) is 0.105. The highest BCUT2D eigenvalue weighted by atomic mass is 35.5. The normalized spacial score (nSPS) is 12.4. The van der Waals surface area contributed by atoms with E-state index in [1.165, 1.54) is 11.8 Å². The Labute approximate surface area is 187 Å². The molecule has 0 aliphatic heterocycles. The van der Waals surface area contributed by atoms with E-state index in [9.17, 15) is 13.2 Å². The quantitative estimate of drug-likeness (QED) is 0.403. The van der Waals surface area contributed by atoms with Crippen LogP contribution in [0.15, 0.2) is 69.1 Å². The zero-order valence-corrected chi connectivity index (χ0v) is 19.0. The van der Waals surface area contributed by atoms with Gasteiger partial charge in [0.25, 0.3) is 10.0 Å². The molecule has 0 fully saturated rings. The van der Waals surface area contributed by atoms with E-state index in [1.807, 2.05) is 0 Å². The summed E-state index contributed by atoms with van der Waals surface area (Å²) in [5.74, 6) is -0.198. The first-order chi connectivity index (χ1) is 13.7. The molecular formula is C19H16Cl2N2O3S3. The summed E-state index contributed by atoms with van der Waals surface area (Å²) < 4.78 is 27.3. The highest BCUT2D eigenvalue weighted by Gasteiger charge is 2.17. The van der Waals surface area contributed by atoms with Gasteiger partial charge in [-0.15, -0.1) is 23.1 Å². The number of sulfonamides is 1. The lowest BCUT2D eigenvalue weighted by atomic mass is 10.3. The van der Waals surface area contributed by atoms with Crippen molar-refractivity contribution >= 4 is 73.6 Å². The maximum Gasteiger partial charge on any atom is 0.271 e. The van der Waals surface area contributed by atoms with Crippen LogP contribution in [0.3, 0.4) is 0 Å². The second kappa shape index (κ2) is 9.40. The molecule has 0 bridgehead atoms. The van der Waals surface area contributed by atoms with Crippen molar-refractivity contribution in [1.82, 2.24) is 0 Å². The third kappa shape index (κ3) is 6.13. The van der Waals surface area contributed by atoms with E-state index in [0.717, 1.165) is 16.2 Å². The van der Waals surface area contributed by atoms with Crippen LogP contribution in [0, 0.1) is 0 Å². The van der Waals surface area contributed by atoms with E-state index >= 15 is 0 Å². The van der Waals surface area contributed by atoms with Gasteiger partial charge in [-0.25, -0.2) is 8.42 Å². The maximum absolute atomic E-state index is 12.4. The molecule has 152 valence electrons. The van der Waals surface area contributed by atoms with Gasteiger partial charge in [0.1, 0.15) is 4.21 Å². The highest BCUT2D eigenvalue weighted by Crippen LogP contribution is 2.28. The number of carbonyl (C=O) groups is 1. The zero-order chi connectivity index (χ0) is 21.0. The topological polar surface area (TPSA) is 75.3 Å². The molecule has 29 heavy (non-hydrogen) atoms. The third-order valence-corrected chi connectivity index (χ3v) is 8.01. The molecule has 3 rings (SSSR count). The van der Waals surface area contributed by atoms with E-state index in [2.05, 4.69) is 10.0 Å². The fourth-order valence-corrected chi connectivity index (χ4v) is 5.80. The molecule has 5 nitrogen and oxygen atoms in total. The van der Waals surface area contributed by atoms with Crippen LogP contribution in [0.1, 0.15) is 6.92 Å². The molecule has 0 aliphatic carbocycles. The SMILES string of the molecule is CC(Sc1ccc(NS(=O)(=O)c2cccs2)cc1)C(=O)Nc1cc(Cl)cc(Cl)c1. The summed E-state index contributed by atoms with van der Waals surface area (Å²) in [6.07, 6.45) is 0. The van der Waals surface area contributed by atoms with E-state index in [4.69, 9.17) is 23.2 Å². The number of hydrogen-bond acceptors (Lipinski definition) is 5. The molecule has 1 atom stereocenters. The van der Waals surface area contributed by atoms with Crippen molar-refractivity contribution in [2.45, 2.75) is 21.3 Å². The van der Waals surface area contributed by atoms with Crippen LogP contribution < -0.4 is 10.0 Å². The Kier molecular flexibility index (Phi) is 7.13. The first kappa shape index (κ1) is 22.0. The zero-order valence-electron chi connectivity index (χ0n) is 15.1. The minimum atomic E-state index is -3.58.